The number of methoxy groups -OCH3 is 1. The van der Waals surface area contributed by atoms with E-state index in [4.69, 9.17) is 25.8 Å². The number of benzene rings is 2. The van der Waals surface area contributed by atoms with Crippen molar-refractivity contribution < 1.29 is 23.8 Å². The molecule has 0 radical (unpaired) electrons. The highest BCUT2D eigenvalue weighted by molar-refractivity contribution is 6.31. The van der Waals surface area contributed by atoms with E-state index in [0.29, 0.717) is 28.6 Å². The number of anilines is 1. The predicted octanol–water partition coefficient (Wildman–Crippen LogP) is 4.08. The van der Waals surface area contributed by atoms with Crippen LogP contribution in [0.3, 0.4) is 0 Å². The third kappa shape index (κ3) is 5.89. The molecule has 0 bridgehead atoms. The quantitative estimate of drug-likeness (QED) is 0.686. The van der Waals surface area contributed by atoms with Gasteiger partial charge in [-0.3, -0.25) is 4.79 Å². The van der Waals surface area contributed by atoms with Crippen LogP contribution in [0.25, 0.3) is 0 Å². The molecule has 0 spiro atoms. The zero-order valence-corrected chi connectivity index (χ0v) is 16.2. The highest BCUT2D eigenvalue weighted by Crippen LogP contribution is 2.27. The molecule has 6 nitrogen and oxygen atoms in total. The van der Waals surface area contributed by atoms with Gasteiger partial charge in [0.25, 0.3) is 5.91 Å². The summed E-state index contributed by atoms with van der Waals surface area (Å²) < 4.78 is 16.1. The Balaban J connectivity index is 1.98. The maximum atomic E-state index is 12.4. The first-order valence-corrected chi connectivity index (χ1v) is 8.89. The van der Waals surface area contributed by atoms with Crippen LogP contribution in [0.15, 0.2) is 48.5 Å². The minimum absolute atomic E-state index is 0.394. The SMILES string of the molecule is CC[C@H](Oc1ccccc1)C(=O)O[C@@H](C)C(=O)Nc1cc(Cl)ccc1OC. The normalized spacial score (nSPS) is 12.6. The first-order valence-electron chi connectivity index (χ1n) is 8.51. The number of carbonyl (C=O) groups excluding carboxylic acids is 2. The topological polar surface area (TPSA) is 73.9 Å². The van der Waals surface area contributed by atoms with E-state index in [-0.39, 0.29) is 0 Å². The molecule has 1 N–H and O–H groups in total. The maximum absolute atomic E-state index is 12.4. The fourth-order valence-corrected chi connectivity index (χ4v) is 2.45. The molecule has 2 aromatic rings. The molecule has 0 saturated heterocycles. The van der Waals surface area contributed by atoms with Gasteiger partial charge >= 0.3 is 5.97 Å². The van der Waals surface area contributed by atoms with Crippen molar-refractivity contribution in [3.8, 4) is 11.5 Å². The van der Waals surface area contributed by atoms with Gasteiger partial charge in [-0.15, -0.1) is 0 Å². The molecule has 2 rings (SSSR count). The molecule has 27 heavy (non-hydrogen) atoms. The summed E-state index contributed by atoms with van der Waals surface area (Å²) in [7, 11) is 1.48. The summed E-state index contributed by atoms with van der Waals surface area (Å²) in [4.78, 5) is 24.7. The first kappa shape index (κ1) is 20.6. The summed E-state index contributed by atoms with van der Waals surface area (Å²) in [5, 5.41) is 3.09. The summed E-state index contributed by atoms with van der Waals surface area (Å²) in [5.74, 6) is -0.104. The predicted molar refractivity (Wildman–Crippen MR) is 103 cm³/mol. The van der Waals surface area contributed by atoms with E-state index in [1.54, 1.807) is 37.3 Å². The number of ether oxygens (including phenoxy) is 3. The number of carbonyl (C=O) groups is 2. The number of hydrogen-bond acceptors (Lipinski definition) is 5. The molecule has 2 aromatic carbocycles. The molecule has 7 heteroatoms. The molecule has 144 valence electrons. The minimum atomic E-state index is -1.02. The second kappa shape index (κ2) is 9.83. The van der Waals surface area contributed by atoms with Crippen LogP contribution in [-0.2, 0) is 14.3 Å². The Bertz CT molecular complexity index is 781. The van der Waals surface area contributed by atoms with E-state index in [2.05, 4.69) is 5.32 Å². The number of nitrogens with one attached hydrogen (secondary N) is 1. The maximum Gasteiger partial charge on any atom is 0.348 e. The summed E-state index contributed by atoms with van der Waals surface area (Å²) in [6, 6.07) is 13.8. The number of para-hydroxylation sites is 1. The Morgan fingerprint density at radius 3 is 2.48 bits per heavy atom. The van der Waals surface area contributed by atoms with Crippen LogP contribution in [0.5, 0.6) is 11.5 Å². The highest BCUT2D eigenvalue weighted by Gasteiger charge is 2.26. The van der Waals surface area contributed by atoms with Crippen molar-refractivity contribution in [1.29, 1.82) is 0 Å². The number of amides is 1. The number of hydrogen-bond donors (Lipinski definition) is 1. The van der Waals surface area contributed by atoms with E-state index in [9.17, 15) is 9.59 Å². The molecule has 0 aromatic heterocycles. The van der Waals surface area contributed by atoms with Gasteiger partial charge in [0.1, 0.15) is 11.5 Å². The van der Waals surface area contributed by atoms with Gasteiger partial charge in [0, 0.05) is 5.02 Å². The lowest BCUT2D eigenvalue weighted by Gasteiger charge is -2.20. The Labute approximate surface area is 163 Å². The monoisotopic (exact) mass is 391 g/mol. The van der Waals surface area contributed by atoms with Crippen LogP contribution in [0.2, 0.25) is 5.02 Å². The lowest BCUT2D eigenvalue weighted by molar-refractivity contribution is -0.160. The van der Waals surface area contributed by atoms with Crippen LogP contribution in [0, 0.1) is 0 Å². The summed E-state index contributed by atoms with van der Waals surface area (Å²) in [6.07, 6.45) is -1.41. The second-order valence-corrected chi connectivity index (χ2v) is 6.18. The first-order chi connectivity index (χ1) is 12.9. The summed E-state index contributed by atoms with van der Waals surface area (Å²) >= 11 is 5.95. The molecule has 2 atom stereocenters. The molecular formula is C20H22ClNO5. The van der Waals surface area contributed by atoms with Gasteiger partial charge in [0.05, 0.1) is 12.8 Å². The number of halogens is 1. The molecule has 0 heterocycles. The van der Waals surface area contributed by atoms with Crippen molar-refractivity contribution in [2.45, 2.75) is 32.5 Å². The van der Waals surface area contributed by atoms with Gasteiger partial charge in [-0.05, 0) is 43.7 Å². The van der Waals surface area contributed by atoms with Crippen molar-refractivity contribution >= 4 is 29.2 Å². The zero-order valence-electron chi connectivity index (χ0n) is 15.4. The second-order valence-electron chi connectivity index (χ2n) is 5.74. The standard InChI is InChI=1S/C20H22ClNO5/c1-4-17(27-15-8-6-5-7-9-15)20(24)26-13(2)19(23)22-16-12-14(21)10-11-18(16)25-3/h5-13,17H,4H2,1-3H3,(H,22,23)/t13-,17-/m0/s1. The Hall–Kier alpha value is -2.73. The fourth-order valence-electron chi connectivity index (χ4n) is 2.28. The van der Waals surface area contributed by atoms with Gasteiger partial charge in [-0.1, -0.05) is 36.7 Å². The lowest BCUT2D eigenvalue weighted by Crippen LogP contribution is -2.36. The van der Waals surface area contributed by atoms with E-state index in [0.717, 1.165) is 0 Å². The molecule has 0 fully saturated rings. The average molecular weight is 392 g/mol. The van der Waals surface area contributed by atoms with E-state index in [1.807, 2.05) is 18.2 Å². The van der Waals surface area contributed by atoms with Crippen molar-refractivity contribution in [3.63, 3.8) is 0 Å². The average Bonchev–Trinajstić information content (AvgIpc) is 2.66. The van der Waals surface area contributed by atoms with Gasteiger partial charge in [0.2, 0.25) is 0 Å². The Morgan fingerprint density at radius 2 is 1.85 bits per heavy atom. The third-order valence-corrected chi connectivity index (χ3v) is 3.97. The van der Waals surface area contributed by atoms with Crippen LogP contribution in [0.1, 0.15) is 20.3 Å². The Morgan fingerprint density at radius 1 is 1.15 bits per heavy atom. The van der Waals surface area contributed by atoms with Crippen molar-refractivity contribution in [2.24, 2.45) is 0 Å². The largest absolute Gasteiger partial charge is 0.495 e. The molecule has 0 saturated carbocycles. The Kier molecular flexibility index (Phi) is 7.49. The molecule has 0 unspecified atom stereocenters. The van der Waals surface area contributed by atoms with Gasteiger partial charge in [-0.2, -0.15) is 0 Å². The van der Waals surface area contributed by atoms with Crippen LogP contribution in [0.4, 0.5) is 5.69 Å². The third-order valence-electron chi connectivity index (χ3n) is 3.74. The van der Waals surface area contributed by atoms with E-state index >= 15 is 0 Å². The van der Waals surface area contributed by atoms with Crippen LogP contribution < -0.4 is 14.8 Å². The fraction of sp³-hybridized carbons (Fsp3) is 0.300. The molecular weight excluding hydrogens is 370 g/mol. The van der Waals surface area contributed by atoms with Crippen LogP contribution >= 0.6 is 11.6 Å². The van der Waals surface area contributed by atoms with E-state index < -0.39 is 24.1 Å². The van der Waals surface area contributed by atoms with Crippen molar-refractivity contribution in [1.82, 2.24) is 0 Å². The van der Waals surface area contributed by atoms with Gasteiger partial charge in [0.15, 0.2) is 12.2 Å². The summed E-state index contributed by atoms with van der Waals surface area (Å²) in [6.45, 7) is 3.29. The lowest BCUT2D eigenvalue weighted by atomic mass is 10.2. The van der Waals surface area contributed by atoms with Crippen molar-refractivity contribution in [2.75, 3.05) is 12.4 Å². The van der Waals surface area contributed by atoms with E-state index in [1.165, 1.54) is 14.0 Å². The van der Waals surface area contributed by atoms with Crippen LogP contribution in [-0.4, -0.2) is 31.2 Å². The zero-order chi connectivity index (χ0) is 19.8. The minimum Gasteiger partial charge on any atom is -0.495 e. The van der Waals surface area contributed by atoms with Crippen molar-refractivity contribution in [3.05, 3.63) is 53.6 Å². The molecule has 0 aliphatic rings. The molecule has 1 amide bonds. The highest BCUT2D eigenvalue weighted by atomic mass is 35.5. The summed E-state index contributed by atoms with van der Waals surface area (Å²) in [5.41, 5.74) is 0.394. The number of esters is 1. The number of rotatable bonds is 8. The molecule has 0 aliphatic heterocycles. The van der Waals surface area contributed by atoms with Gasteiger partial charge in [-0.25, -0.2) is 4.79 Å². The molecule has 0 aliphatic carbocycles. The smallest absolute Gasteiger partial charge is 0.348 e. The van der Waals surface area contributed by atoms with Gasteiger partial charge < -0.3 is 19.5 Å².